The maximum atomic E-state index is 13.0. The number of rotatable bonds is 5. The predicted molar refractivity (Wildman–Crippen MR) is 90.0 cm³/mol. The van der Waals surface area contributed by atoms with Crippen molar-refractivity contribution in [1.29, 1.82) is 0 Å². The predicted octanol–water partition coefficient (Wildman–Crippen LogP) is 2.34. The number of nitrogens with one attached hydrogen (secondary N) is 2. The van der Waals surface area contributed by atoms with Crippen LogP contribution in [0.4, 0.5) is 0 Å². The number of hydrogen-bond donors (Lipinski definition) is 2. The molecule has 5 rings (SSSR count). The topological polar surface area (TPSA) is 50.4 Å². The molecule has 5 fully saturated rings. The zero-order chi connectivity index (χ0) is 15.9. The highest BCUT2D eigenvalue weighted by atomic mass is 16.5. The molecular formula is C19H32N2O2. The van der Waals surface area contributed by atoms with Gasteiger partial charge >= 0.3 is 0 Å². The normalized spacial score (nSPS) is 41.0. The lowest BCUT2D eigenvalue weighted by atomic mass is 9.49. The Morgan fingerprint density at radius 1 is 1.09 bits per heavy atom. The molecule has 4 aliphatic carbocycles. The Labute approximate surface area is 140 Å². The summed E-state index contributed by atoms with van der Waals surface area (Å²) in [6, 6.07) is 0. The van der Waals surface area contributed by atoms with E-state index in [0.717, 1.165) is 50.2 Å². The Bertz CT molecular complexity index is 415. The molecule has 130 valence electrons. The molecule has 1 saturated heterocycles. The van der Waals surface area contributed by atoms with Crippen molar-refractivity contribution in [2.24, 2.45) is 28.6 Å². The van der Waals surface area contributed by atoms with Crippen LogP contribution in [0.15, 0.2) is 0 Å². The van der Waals surface area contributed by atoms with Crippen molar-refractivity contribution in [1.82, 2.24) is 10.6 Å². The summed E-state index contributed by atoms with van der Waals surface area (Å²) in [6.07, 6.45) is 10.3. The third-order valence-corrected chi connectivity index (χ3v) is 7.25. The van der Waals surface area contributed by atoms with Gasteiger partial charge in [0.05, 0.1) is 12.0 Å². The molecular weight excluding hydrogens is 288 g/mol. The Morgan fingerprint density at radius 2 is 1.65 bits per heavy atom. The lowest BCUT2D eigenvalue weighted by Crippen LogP contribution is -2.55. The minimum absolute atomic E-state index is 0.247. The van der Waals surface area contributed by atoms with Gasteiger partial charge in [0, 0.05) is 13.7 Å². The van der Waals surface area contributed by atoms with E-state index in [9.17, 15) is 4.79 Å². The molecule has 2 N–H and O–H groups in total. The van der Waals surface area contributed by atoms with Gasteiger partial charge in [-0.25, -0.2) is 0 Å². The number of amides is 1. The first-order valence-electron chi connectivity index (χ1n) is 9.61. The van der Waals surface area contributed by atoms with Gasteiger partial charge in [-0.3, -0.25) is 4.79 Å². The van der Waals surface area contributed by atoms with E-state index in [4.69, 9.17) is 4.74 Å². The average Bonchev–Trinajstić information content (AvgIpc) is 2.52. The summed E-state index contributed by atoms with van der Waals surface area (Å²) in [5.74, 6) is 3.09. The summed E-state index contributed by atoms with van der Waals surface area (Å²) in [4.78, 5) is 13.0. The van der Waals surface area contributed by atoms with Crippen molar-refractivity contribution in [3.63, 3.8) is 0 Å². The summed E-state index contributed by atoms with van der Waals surface area (Å²) < 4.78 is 5.41. The van der Waals surface area contributed by atoms with E-state index in [0.29, 0.717) is 12.0 Å². The minimum Gasteiger partial charge on any atom is -0.384 e. The fourth-order valence-electron chi connectivity index (χ4n) is 6.58. The highest BCUT2D eigenvalue weighted by Crippen LogP contribution is 2.59. The van der Waals surface area contributed by atoms with E-state index in [1.165, 1.54) is 38.5 Å². The molecule has 4 saturated carbocycles. The fraction of sp³-hybridized carbons (Fsp3) is 0.947. The fourth-order valence-corrected chi connectivity index (χ4v) is 6.58. The molecule has 0 atom stereocenters. The standard InChI is InChI=1S/C19H32N2O2/c1-23-13-19(2-4-20-5-3-19)17(22)21-12-18-9-14-6-15(10-18)8-16(7-14)11-18/h14-16,20H,2-13H2,1H3,(H,21,22). The number of hydrogen-bond acceptors (Lipinski definition) is 3. The van der Waals surface area contributed by atoms with Gasteiger partial charge < -0.3 is 15.4 Å². The molecule has 4 nitrogen and oxygen atoms in total. The number of carbonyl (C=O) groups is 1. The van der Waals surface area contributed by atoms with Crippen LogP contribution in [0.25, 0.3) is 0 Å². The molecule has 0 unspecified atom stereocenters. The maximum absolute atomic E-state index is 13.0. The third kappa shape index (κ3) is 2.93. The first-order chi connectivity index (χ1) is 11.1. The van der Waals surface area contributed by atoms with Crippen molar-refractivity contribution in [3.05, 3.63) is 0 Å². The first kappa shape index (κ1) is 15.9. The Morgan fingerprint density at radius 3 is 2.17 bits per heavy atom. The van der Waals surface area contributed by atoms with Crippen LogP contribution in [-0.4, -0.2) is 39.3 Å². The molecule has 4 heteroatoms. The first-order valence-corrected chi connectivity index (χ1v) is 9.61. The van der Waals surface area contributed by atoms with E-state index < -0.39 is 0 Å². The van der Waals surface area contributed by atoms with Gasteiger partial charge in [-0.2, -0.15) is 0 Å². The van der Waals surface area contributed by atoms with Gasteiger partial charge in [-0.15, -0.1) is 0 Å². The lowest BCUT2D eigenvalue weighted by molar-refractivity contribution is -0.138. The number of carbonyl (C=O) groups excluding carboxylic acids is 1. The summed E-state index contributed by atoms with van der Waals surface area (Å²) in [6.45, 7) is 3.32. The van der Waals surface area contributed by atoms with Crippen molar-refractivity contribution in [2.75, 3.05) is 33.4 Å². The number of piperidine rings is 1. The van der Waals surface area contributed by atoms with Crippen molar-refractivity contribution >= 4 is 5.91 Å². The molecule has 5 aliphatic rings. The Balaban J connectivity index is 1.41. The van der Waals surface area contributed by atoms with Crippen LogP contribution in [0.5, 0.6) is 0 Å². The van der Waals surface area contributed by atoms with Crippen molar-refractivity contribution < 1.29 is 9.53 Å². The molecule has 1 heterocycles. The van der Waals surface area contributed by atoms with Gasteiger partial charge in [0.25, 0.3) is 0 Å². The Kier molecular flexibility index (Phi) is 4.17. The van der Waals surface area contributed by atoms with Crippen LogP contribution in [0.2, 0.25) is 0 Å². The van der Waals surface area contributed by atoms with Gasteiger partial charge in [-0.1, -0.05) is 0 Å². The minimum atomic E-state index is -0.303. The maximum Gasteiger partial charge on any atom is 0.228 e. The van der Waals surface area contributed by atoms with E-state index in [2.05, 4.69) is 10.6 Å². The highest BCUT2D eigenvalue weighted by molar-refractivity contribution is 5.83. The van der Waals surface area contributed by atoms with Crippen LogP contribution in [-0.2, 0) is 9.53 Å². The zero-order valence-corrected chi connectivity index (χ0v) is 14.5. The smallest absolute Gasteiger partial charge is 0.228 e. The van der Waals surface area contributed by atoms with Crippen LogP contribution < -0.4 is 10.6 Å². The van der Waals surface area contributed by atoms with Gasteiger partial charge in [0.1, 0.15) is 0 Å². The molecule has 1 amide bonds. The molecule has 23 heavy (non-hydrogen) atoms. The van der Waals surface area contributed by atoms with Crippen LogP contribution in [0.3, 0.4) is 0 Å². The van der Waals surface area contributed by atoms with E-state index in [1.54, 1.807) is 7.11 Å². The van der Waals surface area contributed by atoms with Crippen molar-refractivity contribution in [2.45, 2.75) is 51.4 Å². The molecule has 0 aromatic carbocycles. The summed E-state index contributed by atoms with van der Waals surface area (Å²) in [7, 11) is 1.72. The second-order valence-corrected chi connectivity index (χ2v) is 9.06. The molecule has 0 aromatic rings. The summed E-state index contributed by atoms with van der Waals surface area (Å²) >= 11 is 0. The summed E-state index contributed by atoms with van der Waals surface area (Å²) in [5.41, 5.74) is 0.119. The second kappa shape index (κ2) is 6.03. The number of ether oxygens (including phenoxy) is 1. The monoisotopic (exact) mass is 320 g/mol. The van der Waals surface area contributed by atoms with Gasteiger partial charge in [-0.05, 0) is 87.6 Å². The largest absolute Gasteiger partial charge is 0.384 e. The van der Waals surface area contributed by atoms with Crippen LogP contribution in [0.1, 0.15) is 51.4 Å². The van der Waals surface area contributed by atoms with Crippen molar-refractivity contribution in [3.8, 4) is 0 Å². The third-order valence-electron chi connectivity index (χ3n) is 7.25. The Hall–Kier alpha value is -0.610. The molecule has 1 aliphatic heterocycles. The summed E-state index contributed by atoms with van der Waals surface area (Å²) in [5, 5.41) is 6.76. The molecule has 0 spiro atoms. The highest BCUT2D eigenvalue weighted by Gasteiger charge is 2.51. The van der Waals surface area contributed by atoms with Gasteiger partial charge in [0.2, 0.25) is 5.91 Å². The molecule has 0 aromatic heterocycles. The molecule has 0 radical (unpaired) electrons. The lowest BCUT2D eigenvalue weighted by Gasteiger charge is -2.57. The SMILES string of the molecule is COCC1(C(=O)NCC23CC4CC(CC(C4)C2)C3)CCNCC1. The van der Waals surface area contributed by atoms with E-state index in [1.807, 2.05) is 0 Å². The number of methoxy groups -OCH3 is 1. The second-order valence-electron chi connectivity index (χ2n) is 9.06. The average molecular weight is 320 g/mol. The van der Waals surface area contributed by atoms with E-state index >= 15 is 0 Å². The van der Waals surface area contributed by atoms with Gasteiger partial charge in [0.15, 0.2) is 0 Å². The van der Waals surface area contributed by atoms with Crippen LogP contribution >= 0.6 is 0 Å². The van der Waals surface area contributed by atoms with E-state index in [-0.39, 0.29) is 11.3 Å². The zero-order valence-electron chi connectivity index (χ0n) is 14.5. The van der Waals surface area contributed by atoms with Crippen LogP contribution in [0, 0.1) is 28.6 Å². The molecule has 4 bridgehead atoms. The quantitative estimate of drug-likeness (QED) is 0.817.